The first-order chi connectivity index (χ1) is 16.2. The van der Waals surface area contributed by atoms with E-state index in [9.17, 15) is 4.79 Å². The van der Waals surface area contributed by atoms with Crippen molar-refractivity contribution >= 4 is 27.5 Å². The average molecular weight is 535 g/mol. The Morgan fingerprint density at radius 1 is 0.971 bits per heavy atom. The number of amides is 1. The van der Waals surface area contributed by atoms with Crippen LogP contribution in [-0.2, 0) is 15.5 Å². The number of unbranched alkanes of at least 4 members (excludes halogenated alkanes) is 2. The third-order valence-electron chi connectivity index (χ3n) is 6.08. The molecule has 1 atom stereocenters. The monoisotopic (exact) mass is 533 g/mol. The van der Waals surface area contributed by atoms with Crippen LogP contribution in [0.25, 0.3) is 0 Å². The minimum Gasteiger partial charge on any atom is -0.496 e. The Morgan fingerprint density at radius 2 is 1.62 bits per heavy atom. The lowest BCUT2D eigenvalue weighted by Gasteiger charge is -2.25. The molecule has 0 heterocycles. The Balaban J connectivity index is 2.39. The number of carbonyl (C=O) groups is 1. The highest BCUT2D eigenvalue weighted by Crippen LogP contribution is 2.41. The zero-order valence-electron chi connectivity index (χ0n) is 21.7. The second-order valence-electron chi connectivity index (χ2n) is 9.66. The fourth-order valence-electron chi connectivity index (χ4n) is 4.24. The molecule has 0 bridgehead atoms. The van der Waals surface area contributed by atoms with Crippen LogP contribution in [0.4, 0.5) is 5.69 Å². The van der Waals surface area contributed by atoms with Gasteiger partial charge in [0.1, 0.15) is 5.75 Å². The van der Waals surface area contributed by atoms with Crippen molar-refractivity contribution in [2.45, 2.75) is 76.5 Å². The summed E-state index contributed by atoms with van der Waals surface area (Å²) in [7, 11) is 4.88. The summed E-state index contributed by atoms with van der Waals surface area (Å²) in [4.78, 5) is 13.4. The molecule has 1 N–H and O–H groups in total. The van der Waals surface area contributed by atoms with Gasteiger partial charge in [0.05, 0.1) is 21.3 Å². The quantitative estimate of drug-likeness (QED) is 0.225. The number of anilines is 1. The zero-order valence-corrected chi connectivity index (χ0v) is 23.3. The van der Waals surface area contributed by atoms with Crippen molar-refractivity contribution in [3.8, 4) is 17.2 Å². The Morgan fingerprint density at radius 3 is 2.18 bits per heavy atom. The van der Waals surface area contributed by atoms with Gasteiger partial charge in [-0.1, -0.05) is 75.0 Å². The molecule has 188 valence electrons. The number of benzene rings is 2. The van der Waals surface area contributed by atoms with Gasteiger partial charge in [0, 0.05) is 29.1 Å². The van der Waals surface area contributed by atoms with Gasteiger partial charge in [-0.3, -0.25) is 4.79 Å². The molecule has 0 aromatic heterocycles. The summed E-state index contributed by atoms with van der Waals surface area (Å²) in [6.45, 7) is 8.67. The summed E-state index contributed by atoms with van der Waals surface area (Å²) in [6, 6.07) is 10.1. The molecule has 0 fully saturated rings. The van der Waals surface area contributed by atoms with E-state index in [-0.39, 0.29) is 17.2 Å². The summed E-state index contributed by atoms with van der Waals surface area (Å²) >= 11 is 3.53. The topological polar surface area (TPSA) is 56.8 Å². The van der Waals surface area contributed by atoms with E-state index in [1.165, 1.54) is 0 Å². The summed E-state index contributed by atoms with van der Waals surface area (Å²) in [6.07, 6.45) is 4.53. The number of hydrogen-bond donors (Lipinski definition) is 1. The van der Waals surface area contributed by atoms with Crippen molar-refractivity contribution in [1.82, 2.24) is 0 Å². The second kappa shape index (κ2) is 13.0. The Bertz CT molecular complexity index is 952. The molecule has 6 heteroatoms. The molecule has 1 unspecified atom stereocenters. The smallest absolute Gasteiger partial charge is 0.224 e. The number of hydrogen-bond acceptors (Lipinski definition) is 4. The van der Waals surface area contributed by atoms with E-state index in [0.29, 0.717) is 23.7 Å². The van der Waals surface area contributed by atoms with E-state index in [2.05, 4.69) is 67.1 Å². The maximum Gasteiger partial charge on any atom is 0.224 e. The van der Waals surface area contributed by atoms with Gasteiger partial charge in [-0.15, -0.1) is 0 Å². The van der Waals surface area contributed by atoms with Crippen molar-refractivity contribution in [2.75, 3.05) is 26.6 Å². The molecule has 0 aliphatic carbocycles. The largest absolute Gasteiger partial charge is 0.496 e. The van der Waals surface area contributed by atoms with Crippen LogP contribution in [0.1, 0.15) is 82.4 Å². The van der Waals surface area contributed by atoms with Gasteiger partial charge in [-0.2, -0.15) is 0 Å². The zero-order chi connectivity index (χ0) is 25.3. The lowest BCUT2D eigenvalue weighted by molar-refractivity contribution is -0.116. The Labute approximate surface area is 213 Å². The van der Waals surface area contributed by atoms with Crippen LogP contribution < -0.4 is 19.5 Å². The van der Waals surface area contributed by atoms with Gasteiger partial charge in [0.2, 0.25) is 5.91 Å². The fourth-order valence-corrected chi connectivity index (χ4v) is 4.59. The van der Waals surface area contributed by atoms with E-state index < -0.39 is 0 Å². The Hall–Kier alpha value is -2.21. The van der Waals surface area contributed by atoms with E-state index in [1.807, 2.05) is 12.1 Å². The van der Waals surface area contributed by atoms with Crippen molar-refractivity contribution in [2.24, 2.45) is 0 Å². The highest BCUT2D eigenvalue weighted by atomic mass is 79.9. The summed E-state index contributed by atoms with van der Waals surface area (Å²) in [5.41, 5.74) is 4.01. The molecular weight excluding hydrogens is 494 g/mol. The molecule has 2 aromatic rings. The first-order valence-corrected chi connectivity index (χ1v) is 13.1. The molecule has 34 heavy (non-hydrogen) atoms. The molecule has 5 nitrogen and oxygen atoms in total. The maximum absolute atomic E-state index is 13.4. The van der Waals surface area contributed by atoms with E-state index in [4.69, 9.17) is 14.2 Å². The highest BCUT2D eigenvalue weighted by Gasteiger charge is 2.24. The summed E-state index contributed by atoms with van der Waals surface area (Å²) in [5, 5.41) is 3.95. The molecule has 0 spiro atoms. The van der Waals surface area contributed by atoms with Crippen LogP contribution in [-0.4, -0.2) is 27.2 Å². The number of carbonyl (C=O) groups excluding carboxylic acids is 1. The number of ether oxygens (including phenoxy) is 3. The van der Waals surface area contributed by atoms with Crippen molar-refractivity contribution < 1.29 is 19.0 Å². The molecular formula is C28H40BrNO4. The summed E-state index contributed by atoms with van der Waals surface area (Å²) in [5.74, 6) is 1.96. The van der Waals surface area contributed by atoms with Crippen molar-refractivity contribution in [1.29, 1.82) is 0 Å². The van der Waals surface area contributed by atoms with Crippen LogP contribution >= 0.6 is 15.9 Å². The third-order valence-corrected chi connectivity index (χ3v) is 6.73. The normalized spacial score (nSPS) is 12.2. The third kappa shape index (κ3) is 7.39. The van der Waals surface area contributed by atoms with E-state index in [1.54, 1.807) is 21.3 Å². The number of nitrogens with one attached hydrogen (secondary N) is 1. The second-order valence-corrected chi connectivity index (χ2v) is 10.2. The molecule has 2 rings (SSSR count). The molecule has 0 aliphatic heterocycles. The first-order valence-electron chi connectivity index (χ1n) is 12.0. The Kier molecular flexibility index (Phi) is 10.7. The van der Waals surface area contributed by atoms with Gasteiger partial charge in [0.15, 0.2) is 11.5 Å². The summed E-state index contributed by atoms with van der Waals surface area (Å²) < 4.78 is 16.7. The fraction of sp³-hybridized carbons (Fsp3) is 0.536. The van der Waals surface area contributed by atoms with Gasteiger partial charge in [-0.25, -0.2) is 0 Å². The first kappa shape index (κ1) is 28.0. The van der Waals surface area contributed by atoms with E-state index in [0.717, 1.165) is 53.4 Å². The van der Waals surface area contributed by atoms with Gasteiger partial charge < -0.3 is 19.5 Å². The highest BCUT2D eigenvalue weighted by molar-refractivity contribution is 9.08. The van der Waals surface area contributed by atoms with Crippen LogP contribution in [0.2, 0.25) is 0 Å². The molecule has 0 radical (unpaired) electrons. The SMILES string of the molecule is CCCCCC(CC(=O)Nc1cc(CBr)ccc1C(C)(C)C)c1cc(OC)c(OC)cc1OC. The van der Waals surface area contributed by atoms with Crippen LogP contribution in [0.15, 0.2) is 30.3 Å². The lowest BCUT2D eigenvalue weighted by atomic mass is 9.85. The molecule has 0 saturated carbocycles. The average Bonchev–Trinajstić information content (AvgIpc) is 2.81. The van der Waals surface area contributed by atoms with Gasteiger partial charge in [-0.05, 0) is 41.0 Å². The van der Waals surface area contributed by atoms with Crippen LogP contribution in [0.3, 0.4) is 0 Å². The number of methoxy groups -OCH3 is 3. The van der Waals surface area contributed by atoms with Crippen LogP contribution in [0, 0.1) is 0 Å². The maximum atomic E-state index is 13.4. The van der Waals surface area contributed by atoms with Crippen molar-refractivity contribution in [3.05, 3.63) is 47.0 Å². The van der Waals surface area contributed by atoms with Crippen LogP contribution in [0.5, 0.6) is 17.2 Å². The standard InChI is InChI=1S/C28H40BrNO4/c1-8-9-10-11-20(21-16-25(33-6)26(34-7)17-24(21)32-5)15-27(31)30-23-14-19(18-29)12-13-22(23)28(2,3)4/h12-14,16-17,20H,8-11,15,18H2,1-7H3,(H,30,31). The number of halogens is 1. The van der Waals surface area contributed by atoms with Crippen molar-refractivity contribution in [3.63, 3.8) is 0 Å². The predicted octanol–water partition coefficient (Wildman–Crippen LogP) is 7.60. The molecule has 2 aromatic carbocycles. The number of alkyl halides is 1. The minimum absolute atomic E-state index is 0.00116. The predicted molar refractivity (Wildman–Crippen MR) is 144 cm³/mol. The lowest BCUT2D eigenvalue weighted by Crippen LogP contribution is -2.21. The number of rotatable bonds is 12. The molecule has 0 saturated heterocycles. The van der Waals surface area contributed by atoms with Gasteiger partial charge in [0.25, 0.3) is 0 Å². The van der Waals surface area contributed by atoms with E-state index >= 15 is 0 Å². The molecule has 1 amide bonds. The van der Waals surface area contributed by atoms with Gasteiger partial charge >= 0.3 is 0 Å². The minimum atomic E-state index is -0.0828. The molecule has 0 aliphatic rings.